The van der Waals surface area contributed by atoms with E-state index < -0.39 is 0 Å². The lowest BCUT2D eigenvalue weighted by atomic mass is 10.1. The monoisotopic (exact) mass is 586 g/mol. The van der Waals surface area contributed by atoms with Gasteiger partial charge in [-0.2, -0.15) is 15.2 Å². The van der Waals surface area contributed by atoms with Crippen molar-refractivity contribution in [3.63, 3.8) is 0 Å². The molecule has 0 amide bonds. The second kappa shape index (κ2) is 12.0. The second-order valence-electron chi connectivity index (χ2n) is 11.5. The molecule has 2 saturated heterocycles. The van der Waals surface area contributed by atoms with E-state index in [1.807, 2.05) is 72.8 Å². The number of aromatic nitrogens is 4. The van der Waals surface area contributed by atoms with Crippen molar-refractivity contribution >= 4 is 27.6 Å². The van der Waals surface area contributed by atoms with Crippen molar-refractivity contribution in [3.8, 4) is 29.2 Å². The van der Waals surface area contributed by atoms with Crippen LogP contribution in [0.3, 0.4) is 0 Å². The summed E-state index contributed by atoms with van der Waals surface area (Å²) in [5, 5.41) is 14.8. The molecule has 2 fully saturated rings. The van der Waals surface area contributed by atoms with Crippen molar-refractivity contribution in [3.05, 3.63) is 83.2 Å². The summed E-state index contributed by atoms with van der Waals surface area (Å²) in [5.41, 5.74) is 1.87. The summed E-state index contributed by atoms with van der Waals surface area (Å²) in [6.07, 6.45) is 2.53. The smallest absolute Gasteiger partial charge is 0.319 e. The molecular formula is C34H34N8O2. The number of hydrogen-bond acceptors (Lipinski definition) is 9. The third-order valence-corrected chi connectivity index (χ3v) is 8.69. The number of ether oxygens (including phenoxy) is 1. The largest absolute Gasteiger partial charge is 0.462 e. The van der Waals surface area contributed by atoms with Crippen LogP contribution in [-0.2, 0) is 0 Å². The lowest BCUT2D eigenvalue weighted by Gasteiger charge is -2.34. The van der Waals surface area contributed by atoms with E-state index in [0.29, 0.717) is 49.8 Å². The fourth-order valence-corrected chi connectivity index (χ4v) is 6.35. The number of fused-ring (bicyclic) bond motifs is 2. The summed E-state index contributed by atoms with van der Waals surface area (Å²) in [4.78, 5) is 33.9. The molecule has 5 aromatic rings. The molecule has 3 aromatic carbocycles. The Morgan fingerprint density at radius 2 is 1.80 bits per heavy atom. The van der Waals surface area contributed by atoms with Crippen molar-refractivity contribution in [2.45, 2.75) is 31.3 Å². The van der Waals surface area contributed by atoms with Crippen molar-refractivity contribution in [1.29, 1.82) is 5.26 Å². The third kappa shape index (κ3) is 5.25. The van der Waals surface area contributed by atoms with Gasteiger partial charge in [0.15, 0.2) is 11.3 Å². The fourth-order valence-electron chi connectivity index (χ4n) is 6.35. The van der Waals surface area contributed by atoms with E-state index >= 15 is 0 Å². The summed E-state index contributed by atoms with van der Waals surface area (Å²) in [7, 11) is 2.10. The van der Waals surface area contributed by atoms with Crippen LogP contribution < -0.4 is 20.5 Å². The van der Waals surface area contributed by atoms with E-state index in [2.05, 4.69) is 28.2 Å². The number of hydrogen-bond donors (Lipinski definition) is 1. The third-order valence-electron chi connectivity index (χ3n) is 8.69. The number of nitrogens with zero attached hydrogens (tertiary/aromatic N) is 7. The van der Waals surface area contributed by atoms with E-state index in [9.17, 15) is 10.1 Å². The van der Waals surface area contributed by atoms with Gasteiger partial charge in [0.2, 0.25) is 0 Å². The molecule has 2 aromatic heterocycles. The molecule has 0 radical (unpaired) electrons. The summed E-state index contributed by atoms with van der Waals surface area (Å²) in [5.74, 6) is 1.06. The molecule has 2 aliphatic heterocycles. The van der Waals surface area contributed by atoms with Crippen LogP contribution in [0.4, 0.5) is 5.82 Å². The van der Waals surface area contributed by atoms with Crippen LogP contribution in [0.1, 0.15) is 19.3 Å². The van der Waals surface area contributed by atoms with Crippen LogP contribution >= 0.6 is 0 Å². The Bertz CT molecular complexity index is 1910. The molecule has 2 unspecified atom stereocenters. The van der Waals surface area contributed by atoms with Gasteiger partial charge in [-0.05, 0) is 37.9 Å². The van der Waals surface area contributed by atoms with E-state index in [-0.39, 0.29) is 29.2 Å². The lowest BCUT2D eigenvalue weighted by Crippen LogP contribution is -2.51. The Labute approximate surface area is 255 Å². The average molecular weight is 587 g/mol. The molecule has 0 bridgehead atoms. The Kier molecular flexibility index (Phi) is 7.64. The number of likely N-dealkylation sites (tertiary alicyclic amines) is 1. The van der Waals surface area contributed by atoms with E-state index in [0.717, 1.165) is 41.4 Å². The fraction of sp³-hybridized carbons (Fsp3) is 0.324. The number of rotatable bonds is 7. The van der Waals surface area contributed by atoms with Crippen molar-refractivity contribution < 1.29 is 4.74 Å². The first kappa shape index (κ1) is 28.0. The maximum atomic E-state index is 14.7. The Morgan fingerprint density at radius 3 is 2.61 bits per heavy atom. The maximum Gasteiger partial charge on any atom is 0.319 e. The minimum atomic E-state index is -0.291. The first-order valence-corrected chi connectivity index (χ1v) is 15.2. The van der Waals surface area contributed by atoms with Gasteiger partial charge in [0.1, 0.15) is 17.9 Å². The number of anilines is 1. The number of nitrogens with one attached hydrogen (secondary N) is 1. The summed E-state index contributed by atoms with van der Waals surface area (Å²) < 4.78 is 7.89. The number of likely N-dealkylation sites (N-methyl/N-ethyl adjacent to an activating group) is 1. The van der Waals surface area contributed by atoms with Gasteiger partial charge in [-0.25, -0.2) is 4.98 Å². The normalized spacial score (nSPS) is 19.0. The van der Waals surface area contributed by atoms with Crippen LogP contribution in [0.2, 0.25) is 0 Å². The summed E-state index contributed by atoms with van der Waals surface area (Å²) in [6, 6.07) is 26.4. The van der Waals surface area contributed by atoms with Crippen molar-refractivity contribution in [1.82, 2.24) is 29.7 Å². The zero-order valence-electron chi connectivity index (χ0n) is 24.7. The molecule has 1 N–H and O–H groups in total. The van der Waals surface area contributed by atoms with Crippen LogP contribution in [0.25, 0.3) is 38.9 Å². The molecule has 0 saturated carbocycles. The molecule has 0 aliphatic carbocycles. The number of piperazine rings is 1. The maximum absolute atomic E-state index is 14.7. The Morgan fingerprint density at radius 1 is 0.977 bits per heavy atom. The van der Waals surface area contributed by atoms with E-state index in [1.54, 1.807) is 4.57 Å². The molecule has 10 heteroatoms. The van der Waals surface area contributed by atoms with Gasteiger partial charge in [0, 0.05) is 42.7 Å². The molecule has 7 rings (SSSR count). The van der Waals surface area contributed by atoms with E-state index in [4.69, 9.17) is 19.7 Å². The lowest BCUT2D eigenvalue weighted by molar-refractivity contribution is 0.188. The highest BCUT2D eigenvalue weighted by Crippen LogP contribution is 2.31. The molecule has 4 heterocycles. The van der Waals surface area contributed by atoms with Gasteiger partial charge in [0.05, 0.1) is 18.2 Å². The molecule has 10 nitrogen and oxygen atoms in total. The minimum Gasteiger partial charge on any atom is -0.462 e. The molecule has 0 spiro atoms. The highest BCUT2D eigenvalue weighted by Gasteiger charge is 2.28. The second-order valence-corrected chi connectivity index (χ2v) is 11.5. The van der Waals surface area contributed by atoms with Gasteiger partial charge < -0.3 is 19.9 Å². The first-order chi connectivity index (χ1) is 21.6. The van der Waals surface area contributed by atoms with Gasteiger partial charge in [-0.15, -0.1) is 0 Å². The van der Waals surface area contributed by atoms with Gasteiger partial charge in [-0.3, -0.25) is 9.36 Å². The topological polar surface area (TPSA) is 112 Å². The van der Waals surface area contributed by atoms with Crippen LogP contribution in [0.5, 0.6) is 6.01 Å². The quantitative estimate of drug-likeness (QED) is 0.300. The standard InChI is InChI=1S/C34H34N8O2/c1-40-19-8-13-26(40)22-44-34-38-30-29(32(39-34)41-20-18-36-25(21-41)16-17-35)37-31(24-10-3-2-4-11-24)42(33(30)43)28-15-7-12-23-9-5-6-14-27(23)28/h2-7,9-12,14-15,25-26,36H,8,13,16,18-22H2,1H3. The van der Waals surface area contributed by atoms with Gasteiger partial charge >= 0.3 is 6.01 Å². The van der Waals surface area contributed by atoms with Crippen LogP contribution in [0.15, 0.2) is 77.6 Å². The highest BCUT2D eigenvalue weighted by molar-refractivity contribution is 5.92. The average Bonchev–Trinajstić information content (AvgIpc) is 3.48. The predicted molar refractivity (Wildman–Crippen MR) is 171 cm³/mol. The summed E-state index contributed by atoms with van der Waals surface area (Å²) in [6.45, 7) is 3.35. The zero-order valence-corrected chi connectivity index (χ0v) is 24.7. The first-order valence-electron chi connectivity index (χ1n) is 15.2. The molecule has 44 heavy (non-hydrogen) atoms. The van der Waals surface area contributed by atoms with Crippen molar-refractivity contribution in [2.75, 3.05) is 44.7 Å². The van der Waals surface area contributed by atoms with Gasteiger partial charge in [0.25, 0.3) is 5.56 Å². The van der Waals surface area contributed by atoms with Gasteiger partial charge in [-0.1, -0.05) is 66.7 Å². The highest BCUT2D eigenvalue weighted by atomic mass is 16.5. The van der Waals surface area contributed by atoms with Crippen LogP contribution in [0, 0.1) is 11.3 Å². The minimum absolute atomic E-state index is 0.0279. The van der Waals surface area contributed by atoms with Crippen LogP contribution in [-0.4, -0.2) is 76.3 Å². The SMILES string of the molecule is CN1CCCC1COc1nc(N2CCNC(CC#N)C2)c2nc(-c3ccccc3)n(-c3cccc4ccccc34)c(=O)c2n1. The molecule has 2 aliphatic rings. The molecule has 2 atom stereocenters. The predicted octanol–water partition coefficient (Wildman–Crippen LogP) is 4.16. The van der Waals surface area contributed by atoms with E-state index in [1.165, 1.54) is 0 Å². The Balaban J connectivity index is 1.46. The molecule has 222 valence electrons. The Hall–Kier alpha value is -4.85. The number of nitriles is 1. The summed E-state index contributed by atoms with van der Waals surface area (Å²) >= 11 is 0. The zero-order chi connectivity index (χ0) is 30.0. The molecular weight excluding hydrogens is 552 g/mol. The van der Waals surface area contributed by atoms with Crippen molar-refractivity contribution in [2.24, 2.45) is 0 Å². The number of benzene rings is 3.